The van der Waals surface area contributed by atoms with Gasteiger partial charge < -0.3 is 4.74 Å². The standard InChI is InChI=1S/C13H14O/c1-10-8-11(2)14-13(9-10)12-6-4-3-5-7-12/h3-9,13H,1-2H3. The van der Waals surface area contributed by atoms with Crippen molar-refractivity contribution < 1.29 is 4.74 Å². The fourth-order valence-electron chi connectivity index (χ4n) is 1.68. The summed E-state index contributed by atoms with van der Waals surface area (Å²) in [6, 6.07) is 10.3. The number of allylic oxidation sites excluding steroid dienone is 3. The van der Waals surface area contributed by atoms with Crippen LogP contribution in [-0.4, -0.2) is 0 Å². The average Bonchev–Trinajstić information content (AvgIpc) is 2.18. The van der Waals surface area contributed by atoms with Crippen LogP contribution in [0.2, 0.25) is 0 Å². The maximum Gasteiger partial charge on any atom is 0.142 e. The number of ether oxygens (including phenoxy) is 1. The summed E-state index contributed by atoms with van der Waals surface area (Å²) in [7, 11) is 0. The lowest BCUT2D eigenvalue weighted by Gasteiger charge is -2.21. The first-order valence-electron chi connectivity index (χ1n) is 4.84. The predicted octanol–water partition coefficient (Wildman–Crippen LogP) is 3.61. The molecule has 0 bridgehead atoms. The van der Waals surface area contributed by atoms with Gasteiger partial charge in [0.2, 0.25) is 0 Å². The summed E-state index contributed by atoms with van der Waals surface area (Å²) in [5, 5.41) is 0. The van der Waals surface area contributed by atoms with Crippen LogP contribution in [0.25, 0.3) is 0 Å². The first kappa shape index (κ1) is 9.07. The average molecular weight is 186 g/mol. The molecule has 1 aromatic carbocycles. The summed E-state index contributed by atoms with van der Waals surface area (Å²) < 4.78 is 5.73. The molecule has 14 heavy (non-hydrogen) atoms. The van der Waals surface area contributed by atoms with E-state index in [1.54, 1.807) is 0 Å². The third-order valence-electron chi connectivity index (χ3n) is 2.29. The molecule has 1 unspecified atom stereocenters. The molecule has 1 aliphatic heterocycles. The Morgan fingerprint density at radius 1 is 1.07 bits per heavy atom. The van der Waals surface area contributed by atoms with Crippen LogP contribution in [0.4, 0.5) is 0 Å². The SMILES string of the molecule is CC1=CC(c2ccccc2)OC(C)=C1. The van der Waals surface area contributed by atoms with Crippen molar-refractivity contribution in [1.29, 1.82) is 0 Å². The van der Waals surface area contributed by atoms with Crippen molar-refractivity contribution in [2.24, 2.45) is 0 Å². The van der Waals surface area contributed by atoms with E-state index in [1.807, 2.05) is 25.1 Å². The second-order valence-corrected chi connectivity index (χ2v) is 3.61. The molecule has 2 rings (SSSR count). The first-order chi connectivity index (χ1) is 6.75. The molecule has 0 radical (unpaired) electrons. The van der Waals surface area contributed by atoms with Gasteiger partial charge in [0, 0.05) is 0 Å². The molecular formula is C13H14O. The minimum absolute atomic E-state index is 0.0844. The minimum atomic E-state index is 0.0844. The molecule has 1 heterocycles. The summed E-state index contributed by atoms with van der Waals surface area (Å²) in [5.41, 5.74) is 2.47. The topological polar surface area (TPSA) is 9.23 Å². The Bertz CT molecular complexity index is 373. The van der Waals surface area contributed by atoms with Crippen molar-refractivity contribution in [3.05, 3.63) is 59.4 Å². The summed E-state index contributed by atoms with van der Waals surface area (Å²) in [4.78, 5) is 0. The van der Waals surface area contributed by atoms with Gasteiger partial charge in [0.1, 0.15) is 6.10 Å². The lowest BCUT2D eigenvalue weighted by molar-refractivity contribution is 0.153. The van der Waals surface area contributed by atoms with Crippen molar-refractivity contribution in [3.8, 4) is 0 Å². The van der Waals surface area contributed by atoms with Gasteiger partial charge in [0.15, 0.2) is 0 Å². The van der Waals surface area contributed by atoms with E-state index in [1.165, 1.54) is 11.1 Å². The number of hydrogen-bond acceptors (Lipinski definition) is 1. The van der Waals surface area contributed by atoms with Gasteiger partial charge in [0.05, 0.1) is 5.76 Å². The highest BCUT2D eigenvalue weighted by Gasteiger charge is 2.13. The molecule has 0 N–H and O–H groups in total. The van der Waals surface area contributed by atoms with Gasteiger partial charge >= 0.3 is 0 Å². The van der Waals surface area contributed by atoms with E-state index in [2.05, 4.69) is 31.2 Å². The Kier molecular flexibility index (Phi) is 2.40. The third kappa shape index (κ3) is 1.87. The van der Waals surface area contributed by atoms with Crippen molar-refractivity contribution in [3.63, 3.8) is 0 Å². The molecule has 1 nitrogen and oxygen atoms in total. The van der Waals surface area contributed by atoms with Crippen molar-refractivity contribution in [1.82, 2.24) is 0 Å². The summed E-state index contributed by atoms with van der Waals surface area (Å²) in [5.74, 6) is 0.985. The van der Waals surface area contributed by atoms with Crippen LogP contribution in [0.3, 0.4) is 0 Å². The Morgan fingerprint density at radius 3 is 2.43 bits per heavy atom. The Balaban J connectivity index is 2.27. The molecule has 0 fully saturated rings. The zero-order valence-corrected chi connectivity index (χ0v) is 8.53. The number of rotatable bonds is 1. The molecule has 72 valence electrons. The normalized spacial score (nSPS) is 20.9. The molecule has 1 aromatic rings. The van der Waals surface area contributed by atoms with Crippen LogP contribution >= 0.6 is 0 Å². The van der Waals surface area contributed by atoms with Crippen molar-refractivity contribution in [2.75, 3.05) is 0 Å². The van der Waals surface area contributed by atoms with Gasteiger partial charge in [0.25, 0.3) is 0 Å². The van der Waals surface area contributed by atoms with Gasteiger partial charge in [-0.3, -0.25) is 0 Å². The molecule has 1 aliphatic rings. The lowest BCUT2D eigenvalue weighted by atomic mass is 10.0. The quantitative estimate of drug-likeness (QED) is 0.651. The summed E-state index contributed by atoms with van der Waals surface area (Å²) >= 11 is 0. The van der Waals surface area contributed by atoms with Gasteiger partial charge in [-0.05, 0) is 37.1 Å². The first-order valence-corrected chi connectivity index (χ1v) is 4.84. The Morgan fingerprint density at radius 2 is 1.79 bits per heavy atom. The van der Waals surface area contributed by atoms with Crippen LogP contribution in [-0.2, 0) is 4.74 Å². The van der Waals surface area contributed by atoms with Gasteiger partial charge in [-0.2, -0.15) is 0 Å². The third-order valence-corrected chi connectivity index (χ3v) is 2.29. The maximum atomic E-state index is 5.73. The highest BCUT2D eigenvalue weighted by molar-refractivity contribution is 5.30. The number of hydrogen-bond donors (Lipinski definition) is 0. The Hall–Kier alpha value is -1.50. The molecule has 0 saturated heterocycles. The van der Waals surface area contributed by atoms with Crippen LogP contribution in [0.1, 0.15) is 25.5 Å². The fraction of sp³-hybridized carbons (Fsp3) is 0.231. The molecule has 0 aromatic heterocycles. The van der Waals surface area contributed by atoms with Crippen molar-refractivity contribution in [2.45, 2.75) is 20.0 Å². The second kappa shape index (κ2) is 3.70. The van der Waals surface area contributed by atoms with E-state index in [-0.39, 0.29) is 6.10 Å². The molecule has 0 aliphatic carbocycles. The van der Waals surface area contributed by atoms with Crippen LogP contribution in [0.5, 0.6) is 0 Å². The summed E-state index contributed by atoms with van der Waals surface area (Å²) in [6.45, 7) is 4.09. The fourth-order valence-corrected chi connectivity index (χ4v) is 1.68. The molecule has 1 atom stereocenters. The maximum absolute atomic E-state index is 5.73. The van der Waals surface area contributed by atoms with Gasteiger partial charge in [-0.25, -0.2) is 0 Å². The summed E-state index contributed by atoms with van der Waals surface area (Å²) in [6.07, 6.45) is 4.28. The van der Waals surface area contributed by atoms with E-state index in [0.717, 1.165) is 5.76 Å². The van der Waals surface area contributed by atoms with E-state index in [0.29, 0.717) is 0 Å². The highest BCUT2D eigenvalue weighted by Crippen LogP contribution is 2.27. The lowest BCUT2D eigenvalue weighted by Crippen LogP contribution is -2.04. The van der Waals surface area contributed by atoms with Gasteiger partial charge in [-0.1, -0.05) is 30.3 Å². The molecule has 1 heteroatoms. The van der Waals surface area contributed by atoms with Crippen LogP contribution < -0.4 is 0 Å². The minimum Gasteiger partial charge on any atom is -0.486 e. The molecule has 0 spiro atoms. The zero-order valence-electron chi connectivity index (χ0n) is 8.53. The predicted molar refractivity (Wildman–Crippen MR) is 57.8 cm³/mol. The molecule has 0 saturated carbocycles. The van der Waals surface area contributed by atoms with Crippen LogP contribution in [0, 0.1) is 0 Å². The van der Waals surface area contributed by atoms with Crippen LogP contribution in [0.15, 0.2) is 53.8 Å². The number of benzene rings is 1. The molecule has 0 amide bonds. The van der Waals surface area contributed by atoms with E-state index in [4.69, 9.17) is 4.74 Å². The Labute approximate surface area is 84.7 Å². The van der Waals surface area contributed by atoms with E-state index in [9.17, 15) is 0 Å². The largest absolute Gasteiger partial charge is 0.486 e. The van der Waals surface area contributed by atoms with Gasteiger partial charge in [-0.15, -0.1) is 0 Å². The smallest absolute Gasteiger partial charge is 0.142 e. The molecular weight excluding hydrogens is 172 g/mol. The second-order valence-electron chi connectivity index (χ2n) is 3.61. The van der Waals surface area contributed by atoms with Crippen molar-refractivity contribution >= 4 is 0 Å². The highest BCUT2D eigenvalue weighted by atomic mass is 16.5. The monoisotopic (exact) mass is 186 g/mol. The van der Waals surface area contributed by atoms with E-state index < -0.39 is 0 Å². The zero-order chi connectivity index (χ0) is 9.97. The van der Waals surface area contributed by atoms with E-state index >= 15 is 0 Å².